The highest BCUT2D eigenvalue weighted by Gasteiger charge is 2.19. The predicted octanol–water partition coefficient (Wildman–Crippen LogP) is 2.56. The Hall–Kier alpha value is -1.02. The van der Waals surface area contributed by atoms with Gasteiger partial charge < -0.3 is 10.4 Å². The fraction of sp³-hybridized carbons (Fsp3) is 0.538. The van der Waals surface area contributed by atoms with E-state index < -0.39 is 6.23 Å². The summed E-state index contributed by atoms with van der Waals surface area (Å²) < 4.78 is 0. The molecular weight excluding hydrogens is 186 g/mol. The molecular formula is C13H19NO. The molecule has 82 valence electrons. The molecule has 0 bridgehead atoms. The average Bonchev–Trinajstić information content (AvgIpc) is 2.40. The first-order chi connectivity index (χ1) is 6.94. The Morgan fingerprint density at radius 1 is 1.40 bits per heavy atom. The first kappa shape index (κ1) is 10.5. The Morgan fingerprint density at radius 2 is 2.13 bits per heavy atom. The van der Waals surface area contributed by atoms with Crippen molar-refractivity contribution in [2.45, 2.75) is 39.8 Å². The summed E-state index contributed by atoms with van der Waals surface area (Å²) in [5, 5.41) is 12.5. The molecule has 1 aliphatic heterocycles. The highest BCUT2D eigenvalue weighted by molar-refractivity contribution is 5.57. The largest absolute Gasteiger partial charge is 0.373 e. The van der Waals surface area contributed by atoms with Crippen LogP contribution in [0.25, 0.3) is 0 Å². The van der Waals surface area contributed by atoms with Crippen molar-refractivity contribution in [2.24, 2.45) is 5.41 Å². The van der Waals surface area contributed by atoms with Crippen molar-refractivity contribution in [1.29, 1.82) is 0 Å². The van der Waals surface area contributed by atoms with Crippen LogP contribution < -0.4 is 5.32 Å². The standard InChI is InChI=1S/C13H19NO/c1-13(2,3)8-9-4-5-10-7-12(15)14-11(10)6-9/h4-6,12,14-15H,7-8H2,1-3H3. The molecule has 1 aliphatic rings. The van der Waals surface area contributed by atoms with Gasteiger partial charge in [-0.25, -0.2) is 0 Å². The Balaban J connectivity index is 2.20. The summed E-state index contributed by atoms with van der Waals surface area (Å²) in [6, 6.07) is 6.46. The first-order valence-corrected chi connectivity index (χ1v) is 5.50. The molecule has 1 aromatic carbocycles. The molecule has 1 aromatic rings. The van der Waals surface area contributed by atoms with Crippen LogP contribution in [-0.4, -0.2) is 11.3 Å². The normalized spacial score (nSPS) is 19.9. The molecule has 0 fully saturated rings. The van der Waals surface area contributed by atoms with E-state index in [1.807, 2.05) is 0 Å². The van der Waals surface area contributed by atoms with Crippen LogP contribution in [0, 0.1) is 5.41 Å². The number of anilines is 1. The topological polar surface area (TPSA) is 32.3 Å². The Morgan fingerprint density at radius 3 is 2.80 bits per heavy atom. The fourth-order valence-corrected chi connectivity index (χ4v) is 2.10. The van der Waals surface area contributed by atoms with Gasteiger partial charge in [0.1, 0.15) is 6.23 Å². The molecule has 0 saturated carbocycles. The number of nitrogens with one attached hydrogen (secondary N) is 1. The van der Waals surface area contributed by atoms with Gasteiger partial charge in [0, 0.05) is 12.1 Å². The number of aliphatic hydroxyl groups excluding tert-OH is 1. The lowest BCUT2D eigenvalue weighted by Crippen LogP contribution is -2.13. The van der Waals surface area contributed by atoms with Crippen LogP contribution in [0.4, 0.5) is 5.69 Å². The molecule has 2 nitrogen and oxygen atoms in total. The summed E-state index contributed by atoms with van der Waals surface area (Å²) in [5.41, 5.74) is 3.97. The van der Waals surface area contributed by atoms with E-state index >= 15 is 0 Å². The average molecular weight is 205 g/mol. The lowest BCUT2D eigenvalue weighted by Gasteiger charge is -2.18. The van der Waals surface area contributed by atoms with E-state index in [4.69, 9.17) is 0 Å². The van der Waals surface area contributed by atoms with Crippen LogP contribution in [0.1, 0.15) is 31.9 Å². The molecule has 0 saturated heterocycles. The maximum Gasteiger partial charge on any atom is 0.128 e. The van der Waals surface area contributed by atoms with Crippen LogP contribution in [0.5, 0.6) is 0 Å². The van der Waals surface area contributed by atoms with E-state index in [9.17, 15) is 5.11 Å². The molecule has 0 radical (unpaired) electrons. The monoisotopic (exact) mass is 205 g/mol. The van der Waals surface area contributed by atoms with Gasteiger partial charge in [-0.2, -0.15) is 0 Å². The Labute approximate surface area is 91.3 Å². The summed E-state index contributed by atoms with van der Waals surface area (Å²) in [4.78, 5) is 0. The van der Waals surface area contributed by atoms with Gasteiger partial charge >= 0.3 is 0 Å². The van der Waals surface area contributed by atoms with Gasteiger partial charge in [-0.3, -0.25) is 0 Å². The summed E-state index contributed by atoms with van der Waals surface area (Å²) in [6.07, 6.45) is 1.40. The molecule has 0 aliphatic carbocycles. The van der Waals surface area contributed by atoms with Crippen molar-refractivity contribution in [1.82, 2.24) is 0 Å². The van der Waals surface area contributed by atoms with Crippen molar-refractivity contribution in [3.8, 4) is 0 Å². The summed E-state index contributed by atoms with van der Waals surface area (Å²) in [7, 11) is 0. The second-order valence-electron chi connectivity index (χ2n) is 5.59. The van der Waals surface area contributed by atoms with Gasteiger partial charge in [-0.15, -0.1) is 0 Å². The van der Waals surface area contributed by atoms with E-state index in [-0.39, 0.29) is 0 Å². The SMILES string of the molecule is CC(C)(C)Cc1ccc2c(c1)NC(O)C2. The van der Waals surface area contributed by atoms with Crippen LogP contribution in [0.3, 0.4) is 0 Å². The fourth-order valence-electron chi connectivity index (χ4n) is 2.10. The van der Waals surface area contributed by atoms with E-state index in [1.165, 1.54) is 11.1 Å². The van der Waals surface area contributed by atoms with Crippen LogP contribution in [0.2, 0.25) is 0 Å². The molecule has 1 heterocycles. The van der Waals surface area contributed by atoms with E-state index in [0.29, 0.717) is 5.41 Å². The van der Waals surface area contributed by atoms with Crippen molar-refractivity contribution in [2.75, 3.05) is 5.32 Å². The molecule has 2 heteroatoms. The zero-order valence-corrected chi connectivity index (χ0v) is 9.67. The number of benzene rings is 1. The quantitative estimate of drug-likeness (QED) is 0.738. The lowest BCUT2D eigenvalue weighted by atomic mass is 9.88. The molecule has 1 unspecified atom stereocenters. The first-order valence-electron chi connectivity index (χ1n) is 5.50. The summed E-state index contributed by atoms with van der Waals surface area (Å²) in [6.45, 7) is 6.72. The van der Waals surface area contributed by atoms with E-state index in [2.05, 4.69) is 44.3 Å². The maximum atomic E-state index is 9.46. The van der Waals surface area contributed by atoms with Crippen LogP contribution in [-0.2, 0) is 12.8 Å². The maximum absolute atomic E-state index is 9.46. The number of fused-ring (bicyclic) bond motifs is 1. The van der Waals surface area contributed by atoms with Crippen molar-refractivity contribution < 1.29 is 5.11 Å². The summed E-state index contributed by atoms with van der Waals surface area (Å²) >= 11 is 0. The van der Waals surface area contributed by atoms with Gasteiger partial charge in [-0.05, 0) is 29.0 Å². The second-order valence-corrected chi connectivity index (χ2v) is 5.59. The van der Waals surface area contributed by atoms with Crippen molar-refractivity contribution in [3.63, 3.8) is 0 Å². The van der Waals surface area contributed by atoms with Crippen molar-refractivity contribution >= 4 is 5.69 Å². The summed E-state index contributed by atoms with van der Waals surface area (Å²) in [5.74, 6) is 0. The smallest absolute Gasteiger partial charge is 0.128 e. The predicted molar refractivity (Wildman–Crippen MR) is 62.9 cm³/mol. The third-order valence-electron chi connectivity index (χ3n) is 2.64. The number of rotatable bonds is 1. The molecule has 2 rings (SSSR count). The number of hydrogen-bond acceptors (Lipinski definition) is 2. The minimum atomic E-state index is -0.398. The Bertz CT molecular complexity index is 365. The molecule has 0 amide bonds. The molecule has 1 atom stereocenters. The van der Waals surface area contributed by atoms with E-state index in [1.54, 1.807) is 0 Å². The lowest BCUT2D eigenvalue weighted by molar-refractivity contribution is 0.212. The zero-order valence-electron chi connectivity index (χ0n) is 9.67. The van der Waals surface area contributed by atoms with Gasteiger partial charge in [0.15, 0.2) is 0 Å². The third-order valence-corrected chi connectivity index (χ3v) is 2.64. The molecule has 15 heavy (non-hydrogen) atoms. The highest BCUT2D eigenvalue weighted by atomic mass is 16.3. The number of hydrogen-bond donors (Lipinski definition) is 2. The third kappa shape index (κ3) is 2.51. The highest BCUT2D eigenvalue weighted by Crippen LogP contribution is 2.28. The van der Waals surface area contributed by atoms with E-state index in [0.717, 1.165) is 18.5 Å². The Kier molecular flexibility index (Phi) is 2.47. The van der Waals surface area contributed by atoms with Crippen LogP contribution >= 0.6 is 0 Å². The molecule has 2 N–H and O–H groups in total. The molecule has 0 spiro atoms. The van der Waals surface area contributed by atoms with Gasteiger partial charge in [-0.1, -0.05) is 32.9 Å². The van der Waals surface area contributed by atoms with Gasteiger partial charge in [0.2, 0.25) is 0 Å². The number of aliphatic hydroxyl groups is 1. The minimum Gasteiger partial charge on any atom is -0.373 e. The van der Waals surface area contributed by atoms with Crippen molar-refractivity contribution in [3.05, 3.63) is 29.3 Å². The van der Waals surface area contributed by atoms with Crippen LogP contribution in [0.15, 0.2) is 18.2 Å². The second kappa shape index (κ2) is 3.53. The van der Waals surface area contributed by atoms with Gasteiger partial charge in [0.05, 0.1) is 0 Å². The zero-order chi connectivity index (χ0) is 11.1. The minimum absolute atomic E-state index is 0.311. The molecule has 0 aromatic heterocycles. The van der Waals surface area contributed by atoms with Gasteiger partial charge in [0.25, 0.3) is 0 Å².